The van der Waals surface area contributed by atoms with Crippen LogP contribution in [0.25, 0.3) is 0 Å². The first-order valence-corrected chi connectivity index (χ1v) is 9.00. The zero-order valence-electron chi connectivity index (χ0n) is 16.1. The molecule has 7 nitrogen and oxygen atoms in total. The maximum Gasteiger partial charge on any atom is 0.310 e. The lowest BCUT2D eigenvalue weighted by molar-refractivity contribution is -0.146. The minimum absolute atomic E-state index is 0.0674. The fourth-order valence-electron chi connectivity index (χ4n) is 2.66. The van der Waals surface area contributed by atoms with Crippen LogP contribution in [0.1, 0.15) is 18.9 Å². The number of aromatic nitrogens is 2. The van der Waals surface area contributed by atoms with Gasteiger partial charge in [0.25, 0.3) is 5.91 Å². The predicted molar refractivity (Wildman–Crippen MR) is 101 cm³/mol. The summed E-state index contributed by atoms with van der Waals surface area (Å²) in [4.78, 5) is 30.1. The van der Waals surface area contributed by atoms with E-state index in [0.717, 1.165) is 18.5 Å². The molecule has 2 aromatic rings. The number of methoxy groups -OCH3 is 1. The maximum absolute atomic E-state index is 12.7. The van der Waals surface area contributed by atoms with Crippen molar-refractivity contribution in [3.05, 3.63) is 48.5 Å². The molecule has 0 bridgehead atoms. The van der Waals surface area contributed by atoms with Gasteiger partial charge in [0.05, 0.1) is 19.4 Å². The Bertz CT molecular complexity index is 713. The number of esters is 1. The lowest BCUT2D eigenvalue weighted by Crippen LogP contribution is -2.40. The predicted octanol–water partition coefficient (Wildman–Crippen LogP) is 2.30. The highest BCUT2D eigenvalue weighted by atomic mass is 16.5. The quantitative estimate of drug-likeness (QED) is 0.598. The van der Waals surface area contributed by atoms with Crippen LogP contribution in [0, 0.1) is 12.8 Å². The Morgan fingerprint density at radius 3 is 2.63 bits per heavy atom. The molecule has 0 N–H and O–H groups in total. The Morgan fingerprint density at radius 1 is 1.26 bits per heavy atom. The number of aryl methyl sites for hydroxylation is 2. The smallest absolute Gasteiger partial charge is 0.310 e. The number of imidazole rings is 1. The van der Waals surface area contributed by atoms with Gasteiger partial charge in [0.2, 0.25) is 0 Å². The third-order valence-electron chi connectivity index (χ3n) is 4.24. The van der Waals surface area contributed by atoms with E-state index < -0.39 is 5.92 Å². The molecule has 0 fully saturated rings. The van der Waals surface area contributed by atoms with Gasteiger partial charge in [-0.1, -0.05) is 24.6 Å². The molecule has 0 aliphatic heterocycles. The minimum atomic E-state index is -0.397. The highest BCUT2D eigenvalue weighted by molar-refractivity contribution is 5.79. The highest BCUT2D eigenvalue weighted by Crippen LogP contribution is 2.12. The van der Waals surface area contributed by atoms with E-state index in [9.17, 15) is 9.59 Å². The van der Waals surface area contributed by atoms with Crippen LogP contribution in [-0.4, -0.2) is 53.1 Å². The summed E-state index contributed by atoms with van der Waals surface area (Å²) in [6.45, 7) is 5.24. The average Bonchev–Trinajstić information content (AvgIpc) is 3.19. The molecular formula is C20H27N3O4. The number of carbonyl (C=O) groups excluding carboxylic acids is 2. The fraction of sp³-hybridized carbons (Fsp3) is 0.450. The summed E-state index contributed by atoms with van der Waals surface area (Å²) < 4.78 is 12.3. The lowest BCUT2D eigenvalue weighted by Gasteiger charge is -2.25. The number of rotatable bonds is 10. The molecule has 0 saturated heterocycles. The number of amides is 1. The van der Waals surface area contributed by atoms with Gasteiger partial charge in [0.1, 0.15) is 5.75 Å². The first-order valence-electron chi connectivity index (χ1n) is 9.00. The van der Waals surface area contributed by atoms with Gasteiger partial charge in [-0.05, 0) is 25.5 Å². The van der Waals surface area contributed by atoms with Crippen molar-refractivity contribution in [2.24, 2.45) is 5.92 Å². The second-order valence-electron chi connectivity index (χ2n) is 6.52. The van der Waals surface area contributed by atoms with E-state index in [0.29, 0.717) is 18.8 Å². The molecule has 1 aromatic carbocycles. The van der Waals surface area contributed by atoms with Gasteiger partial charge in [-0.2, -0.15) is 0 Å². The van der Waals surface area contributed by atoms with Crippen LogP contribution >= 0.6 is 0 Å². The van der Waals surface area contributed by atoms with Crippen LogP contribution in [0.15, 0.2) is 43.0 Å². The van der Waals surface area contributed by atoms with Crippen molar-refractivity contribution >= 4 is 11.9 Å². The molecule has 0 aliphatic carbocycles. The summed E-state index contributed by atoms with van der Waals surface area (Å²) in [7, 11) is 1.35. The van der Waals surface area contributed by atoms with Crippen molar-refractivity contribution in [3.63, 3.8) is 0 Å². The topological polar surface area (TPSA) is 73.7 Å². The van der Waals surface area contributed by atoms with E-state index in [1.807, 2.05) is 42.0 Å². The number of benzene rings is 1. The Hall–Kier alpha value is -2.83. The van der Waals surface area contributed by atoms with Crippen LogP contribution < -0.4 is 4.74 Å². The molecule has 1 aromatic heterocycles. The summed E-state index contributed by atoms with van der Waals surface area (Å²) in [5, 5.41) is 0. The van der Waals surface area contributed by atoms with Crippen molar-refractivity contribution in [2.75, 3.05) is 26.8 Å². The van der Waals surface area contributed by atoms with Crippen LogP contribution in [0.4, 0.5) is 0 Å². The fourth-order valence-corrected chi connectivity index (χ4v) is 2.66. The standard InChI is InChI=1S/C20H27N3O4/c1-16-5-7-18(8-6-16)27-14-19(24)23(13-17(2)20(25)26-3)11-4-10-22-12-9-21-15-22/h5-9,12,15,17H,4,10-11,13-14H2,1-3H3. The zero-order valence-corrected chi connectivity index (χ0v) is 16.1. The maximum atomic E-state index is 12.7. The van der Waals surface area contributed by atoms with Gasteiger partial charge in [-0.3, -0.25) is 9.59 Å². The van der Waals surface area contributed by atoms with E-state index in [-0.39, 0.29) is 18.5 Å². The van der Waals surface area contributed by atoms with Gasteiger partial charge in [0.15, 0.2) is 6.61 Å². The highest BCUT2D eigenvalue weighted by Gasteiger charge is 2.21. The number of nitrogens with zero attached hydrogens (tertiary/aromatic N) is 3. The molecule has 1 atom stereocenters. The number of hydrogen-bond donors (Lipinski definition) is 0. The van der Waals surface area contributed by atoms with E-state index in [1.165, 1.54) is 7.11 Å². The zero-order chi connectivity index (χ0) is 19.6. The van der Waals surface area contributed by atoms with Gasteiger partial charge in [-0.15, -0.1) is 0 Å². The number of hydrogen-bond acceptors (Lipinski definition) is 5. The Morgan fingerprint density at radius 2 is 2.00 bits per heavy atom. The molecule has 2 rings (SSSR count). The molecule has 1 amide bonds. The van der Waals surface area contributed by atoms with E-state index in [1.54, 1.807) is 24.3 Å². The first-order chi connectivity index (χ1) is 13.0. The van der Waals surface area contributed by atoms with Crippen LogP contribution in [-0.2, 0) is 20.9 Å². The van der Waals surface area contributed by atoms with Crippen molar-refractivity contribution in [1.82, 2.24) is 14.5 Å². The summed E-state index contributed by atoms with van der Waals surface area (Å²) in [5.74, 6) is -0.237. The first kappa shape index (κ1) is 20.5. The molecule has 0 saturated carbocycles. The van der Waals surface area contributed by atoms with Crippen molar-refractivity contribution in [1.29, 1.82) is 0 Å². The van der Waals surface area contributed by atoms with Gasteiger partial charge in [-0.25, -0.2) is 4.98 Å². The minimum Gasteiger partial charge on any atom is -0.484 e. The van der Waals surface area contributed by atoms with Crippen molar-refractivity contribution in [2.45, 2.75) is 26.8 Å². The van der Waals surface area contributed by atoms with Gasteiger partial charge >= 0.3 is 5.97 Å². The van der Waals surface area contributed by atoms with Gasteiger partial charge in [0, 0.05) is 32.0 Å². The van der Waals surface area contributed by atoms with Crippen LogP contribution in [0.5, 0.6) is 5.75 Å². The molecular weight excluding hydrogens is 346 g/mol. The Labute approximate surface area is 159 Å². The molecule has 0 spiro atoms. The molecule has 1 unspecified atom stereocenters. The monoisotopic (exact) mass is 373 g/mol. The molecule has 0 radical (unpaired) electrons. The van der Waals surface area contributed by atoms with E-state index in [4.69, 9.17) is 9.47 Å². The third-order valence-corrected chi connectivity index (χ3v) is 4.24. The average molecular weight is 373 g/mol. The summed E-state index contributed by atoms with van der Waals surface area (Å²) in [6.07, 6.45) is 6.09. The SMILES string of the molecule is COC(=O)C(C)CN(CCCn1ccnc1)C(=O)COc1ccc(C)cc1. The van der Waals surface area contributed by atoms with Crippen molar-refractivity contribution in [3.8, 4) is 5.75 Å². The Kier molecular flexibility index (Phi) is 7.85. The molecule has 1 heterocycles. The molecule has 7 heteroatoms. The molecule has 0 aliphatic rings. The largest absolute Gasteiger partial charge is 0.484 e. The molecule has 146 valence electrons. The molecule has 27 heavy (non-hydrogen) atoms. The van der Waals surface area contributed by atoms with Crippen molar-refractivity contribution < 1.29 is 19.1 Å². The summed E-state index contributed by atoms with van der Waals surface area (Å²) in [6, 6.07) is 7.54. The third kappa shape index (κ3) is 6.77. The summed E-state index contributed by atoms with van der Waals surface area (Å²) >= 11 is 0. The van der Waals surface area contributed by atoms with E-state index in [2.05, 4.69) is 4.98 Å². The van der Waals surface area contributed by atoms with Gasteiger partial charge < -0.3 is 18.9 Å². The summed E-state index contributed by atoms with van der Waals surface area (Å²) in [5.41, 5.74) is 1.13. The Balaban J connectivity index is 1.92. The lowest BCUT2D eigenvalue weighted by atomic mass is 10.1. The second kappa shape index (κ2) is 10.4. The van der Waals surface area contributed by atoms with Crippen LogP contribution in [0.2, 0.25) is 0 Å². The van der Waals surface area contributed by atoms with E-state index >= 15 is 0 Å². The second-order valence-corrected chi connectivity index (χ2v) is 6.52. The number of carbonyl (C=O) groups is 2. The van der Waals surface area contributed by atoms with Crippen LogP contribution in [0.3, 0.4) is 0 Å². The normalized spacial score (nSPS) is 11.7. The number of ether oxygens (including phenoxy) is 2.